The van der Waals surface area contributed by atoms with Crippen LogP contribution in [0.1, 0.15) is 12.0 Å². The van der Waals surface area contributed by atoms with E-state index < -0.39 is 17.8 Å². The quantitative estimate of drug-likeness (QED) is 0.843. The fourth-order valence-corrected chi connectivity index (χ4v) is 3.74. The SMILES string of the molecule is Cc1ccc(NC(=O)C2C3C=CC(C3)C2C(=O)O)c(Cl)c1. The Morgan fingerprint density at radius 3 is 2.52 bits per heavy atom. The van der Waals surface area contributed by atoms with Crippen molar-refractivity contribution in [3.05, 3.63) is 40.9 Å². The number of aryl methyl sites for hydroxylation is 1. The van der Waals surface area contributed by atoms with Gasteiger partial charge >= 0.3 is 5.97 Å². The fourth-order valence-electron chi connectivity index (χ4n) is 3.45. The Morgan fingerprint density at radius 2 is 1.90 bits per heavy atom. The second kappa shape index (κ2) is 5.19. The number of nitrogens with one attached hydrogen (secondary N) is 1. The molecule has 1 aromatic carbocycles. The summed E-state index contributed by atoms with van der Waals surface area (Å²) in [4.78, 5) is 23.9. The molecule has 0 spiro atoms. The third-order valence-corrected chi connectivity index (χ3v) is 4.74. The summed E-state index contributed by atoms with van der Waals surface area (Å²) in [6.45, 7) is 1.92. The second-order valence-corrected chi connectivity index (χ2v) is 6.22. The van der Waals surface area contributed by atoms with E-state index in [9.17, 15) is 14.7 Å². The van der Waals surface area contributed by atoms with Gasteiger partial charge in [-0.25, -0.2) is 0 Å². The van der Waals surface area contributed by atoms with Crippen LogP contribution in [0.25, 0.3) is 0 Å². The molecule has 1 saturated carbocycles. The van der Waals surface area contributed by atoms with Crippen molar-refractivity contribution in [2.45, 2.75) is 13.3 Å². The van der Waals surface area contributed by atoms with Gasteiger partial charge in [0.15, 0.2) is 0 Å². The highest BCUT2D eigenvalue weighted by atomic mass is 35.5. The Hall–Kier alpha value is -1.81. The number of rotatable bonds is 3. The van der Waals surface area contributed by atoms with Gasteiger partial charge in [0.1, 0.15) is 0 Å². The molecule has 0 aromatic heterocycles. The van der Waals surface area contributed by atoms with E-state index in [-0.39, 0.29) is 17.7 Å². The van der Waals surface area contributed by atoms with Gasteiger partial charge in [0.2, 0.25) is 5.91 Å². The van der Waals surface area contributed by atoms with Crippen LogP contribution < -0.4 is 5.32 Å². The highest BCUT2D eigenvalue weighted by molar-refractivity contribution is 6.33. The molecule has 4 unspecified atom stereocenters. The molecule has 3 rings (SSSR count). The standard InChI is InChI=1S/C16H16ClNO3/c1-8-2-5-12(11(17)6-8)18-15(19)13-9-3-4-10(7-9)14(13)16(20)21/h2-6,9-10,13-14H,7H2,1H3,(H,18,19)(H,20,21). The first-order valence-electron chi connectivity index (χ1n) is 6.95. The molecule has 2 aliphatic rings. The van der Waals surface area contributed by atoms with E-state index in [1.165, 1.54) is 0 Å². The van der Waals surface area contributed by atoms with Crippen molar-refractivity contribution in [2.24, 2.45) is 23.7 Å². The van der Waals surface area contributed by atoms with E-state index in [0.717, 1.165) is 12.0 Å². The first-order chi connectivity index (χ1) is 9.97. The summed E-state index contributed by atoms with van der Waals surface area (Å²) in [7, 11) is 0. The van der Waals surface area contributed by atoms with Crippen LogP contribution in [0, 0.1) is 30.6 Å². The van der Waals surface area contributed by atoms with Gasteiger partial charge in [0.25, 0.3) is 0 Å². The number of aliphatic carboxylic acids is 1. The average Bonchev–Trinajstić information content (AvgIpc) is 3.02. The maximum Gasteiger partial charge on any atom is 0.307 e. The van der Waals surface area contributed by atoms with Gasteiger partial charge in [-0.05, 0) is 42.9 Å². The molecule has 0 aliphatic heterocycles. The van der Waals surface area contributed by atoms with Crippen LogP contribution in [-0.4, -0.2) is 17.0 Å². The maximum atomic E-state index is 12.5. The Balaban J connectivity index is 1.82. The molecule has 4 nitrogen and oxygen atoms in total. The van der Waals surface area contributed by atoms with Crippen molar-refractivity contribution in [1.29, 1.82) is 0 Å². The molecule has 4 atom stereocenters. The molecule has 2 bridgehead atoms. The Bertz CT molecular complexity index is 640. The number of allylic oxidation sites excluding steroid dienone is 2. The molecule has 1 fully saturated rings. The summed E-state index contributed by atoms with van der Waals surface area (Å²) >= 11 is 6.11. The Labute approximate surface area is 127 Å². The zero-order valence-corrected chi connectivity index (χ0v) is 12.3. The molecule has 0 radical (unpaired) electrons. The van der Waals surface area contributed by atoms with Crippen LogP contribution >= 0.6 is 11.6 Å². The monoisotopic (exact) mass is 305 g/mol. The number of carboxylic acid groups (broad SMARTS) is 1. The minimum atomic E-state index is -0.901. The highest BCUT2D eigenvalue weighted by Gasteiger charge is 2.51. The van der Waals surface area contributed by atoms with E-state index in [0.29, 0.717) is 10.7 Å². The number of carbonyl (C=O) groups excluding carboxylic acids is 1. The number of amides is 1. The van der Waals surface area contributed by atoms with Crippen LogP contribution in [0.2, 0.25) is 5.02 Å². The van der Waals surface area contributed by atoms with Crippen LogP contribution in [0.3, 0.4) is 0 Å². The molecule has 0 heterocycles. The molecular formula is C16H16ClNO3. The van der Waals surface area contributed by atoms with Gasteiger partial charge in [-0.2, -0.15) is 0 Å². The molecule has 1 aromatic rings. The summed E-state index contributed by atoms with van der Waals surface area (Å²) in [6.07, 6.45) is 4.63. The number of fused-ring (bicyclic) bond motifs is 2. The lowest BCUT2D eigenvalue weighted by atomic mass is 9.82. The predicted molar refractivity (Wildman–Crippen MR) is 80.2 cm³/mol. The molecular weight excluding hydrogens is 290 g/mol. The van der Waals surface area contributed by atoms with E-state index in [2.05, 4.69) is 5.32 Å². The summed E-state index contributed by atoms with van der Waals surface area (Å²) in [6, 6.07) is 5.37. The summed E-state index contributed by atoms with van der Waals surface area (Å²) in [5.41, 5.74) is 1.53. The number of halogens is 1. The van der Waals surface area contributed by atoms with Crippen molar-refractivity contribution in [3.8, 4) is 0 Å². The average molecular weight is 306 g/mol. The molecule has 1 amide bonds. The van der Waals surface area contributed by atoms with Crippen LogP contribution in [0.15, 0.2) is 30.4 Å². The van der Waals surface area contributed by atoms with Crippen LogP contribution in [0.5, 0.6) is 0 Å². The maximum absolute atomic E-state index is 12.5. The van der Waals surface area contributed by atoms with Crippen molar-refractivity contribution >= 4 is 29.2 Å². The van der Waals surface area contributed by atoms with Crippen molar-refractivity contribution in [1.82, 2.24) is 0 Å². The zero-order valence-electron chi connectivity index (χ0n) is 11.5. The van der Waals surface area contributed by atoms with Gasteiger partial charge in [0.05, 0.1) is 22.5 Å². The van der Waals surface area contributed by atoms with Gasteiger partial charge in [-0.1, -0.05) is 29.8 Å². The molecule has 21 heavy (non-hydrogen) atoms. The van der Waals surface area contributed by atoms with E-state index in [1.807, 2.05) is 25.1 Å². The summed E-state index contributed by atoms with van der Waals surface area (Å²) in [5, 5.41) is 12.6. The largest absolute Gasteiger partial charge is 0.481 e. The number of anilines is 1. The normalized spacial score (nSPS) is 29.6. The smallest absolute Gasteiger partial charge is 0.307 e. The molecule has 5 heteroatoms. The van der Waals surface area contributed by atoms with E-state index in [1.54, 1.807) is 12.1 Å². The molecule has 2 N–H and O–H groups in total. The van der Waals surface area contributed by atoms with Crippen molar-refractivity contribution in [2.75, 3.05) is 5.32 Å². The van der Waals surface area contributed by atoms with Gasteiger partial charge in [0, 0.05) is 0 Å². The zero-order chi connectivity index (χ0) is 15.1. The Morgan fingerprint density at radius 1 is 1.24 bits per heavy atom. The number of carboxylic acids is 1. The topological polar surface area (TPSA) is 66.4 Å². The summed E-state index contributed by atoms with van der Waals surface area (Å²) < 4.78 is 0. The molecule has 2 aliphatic carbocycles. The van der Waals surface area contributed by atoms with Gasteiger partial charge in [-0.15, -0.1) is 0 Å². The number of carbonyl (C=O) groups is 2. The number of benzene rings is 1. The lowest BCUT2D eigenvalue weighted by Crippen LogP contribution is -2.36. The lowest BCUT2D eigenvalue weighted by molar-refractivity contribution is -0.146. The lowest BCUT2D eigenvalue weighted by Gasteiger charge is -2.24. The third kappa shape index (κ3) is 2.44. The van der Waals surface area contributed by atoms with Crippen LogP contribution in [-0.2, 0) is 9.59 Å². The van der Waals surface area contributed by atoms with Crippen molar-refractivity contribution < 1.29 is 14.7 Å². The third-order valence-electron chi connectivity index (χ3n) is 4.43. The van der Waals surface area contributed by atoms with Crippen LogP contribution in [0.4, 0.5) is 5.69 Å². The minimum Gasteiger partial charge on any atom is -0.481 e. The molecule has 110 valence electrons. The predicted octanol–water partition coefficient (Wildman–Crippen LogP) is 3.11. The van der Waals surface area contributed by atoms with Gasteiger partial charge < -0.3 is 10.4 Å². The van der Waals surface area contributed by atoms with Gasteiger partial charge in [-0.3, -0.25) is 9.59 Å². The summed E-state index contributed by atoms with van der Waals surface area (Å²) in [5.74, 6) is -2.33. The second-order valence-electron chi connectivity index (χ2n) is 5.81. The number of hydrogen-bond donors (Lipinski definition) is 2. The van der Waals surface area contributed by atoms with Crippen molar-refractivity contribution in [3.63, 3.8) is 0 Å². The van der Waals surface area contributed by atoms with E-state index >= 15 is 0 Å². The first-order valence-corrected chi connectivity index (χ1v) is 7.33. The first kappa shape index (κ1) is 14.1. The highest BCUT2D eigenvalue weighted by Crippen LogP contribution is 2.48. The molecule has 0 saturated heterocycles. The Kier molecular flexibility index (Phi) is 3.49. The fraction of sp³-hybridized carbons (Fsp3) is 0.375. The number of hydrogen-bond acceptors (Lipinski definition) is 2. The minimum absolute atomic E-state index is 0.0142. The van der Waals surface area contributed by atoms with E-state index in [4.69, 9.17) is 11.6 Å².